The monoisotopic (exact) mass is 307 g/mol. The highest BCUT2D eigenvalue weighted by molar-refractivity contribution is 6.09. The minimum atomic E-state index is 0.0761. The lowest BCUT2D eigenvalue weighted by atomic mass is 10.0. The number of hydrogen-bond acceptors (Lipinski definition) is 3. The molecule has 0 saturated carbocycles. The predicted octanol–water partition coefficient (Wildman–Crippen LogP) is 3.27. The number of rotatable bonds is 2. The number of hydrogen-bond donors (Lipinski definition) is 0. The van der Waals surface area contributed by atoms with Crippen molar-refractivity contribution in [3.05, 3.63) is 53.7 Å². The van der Waals surface area contributed by atoms with Crippen LogP contribution in [0.4, 0.5) is 11.5 Å². The third-order valence-corrected chi connectivity index (χ3v) is 4.78. The SMILES string of the molecule is O=C(c1cccnc1N1CCCC1)N1CCCc2ccccc21. The average Bonchev–Trinajstić information content (AvgIpc) is 3.15. The molecule has 0 aliphatic carbocycles. The number of benzene rings is 1. The van der Waals surface area contributed by atoms with Gasteiger partial charge in [0.15, 0.2) is 0 Å². The molecule has 4 heteroatoms. The number of carbonyl (C=O) groups is 1. The summed E-state index contributed by atoms with van der Waals surface area (Å²) in [7, 11) is 0. The highest BCUT2D eigenvalue weighted by atomic mass is 16.2. The van der Waals surface area contributed by atoms with E-state index in [9.17, 15) is 4.79 Å². The van der Waals surface area contributed by atoms with Gasteiger partial charge in [-0.2, -0.15) is 0 Å². The van der Waals surface area contributed by atoms with Crippen LogP contribution in [0.3, 0.4) is 0 Å². The van der Waals surface area contributed by atoms with Gasteiger partial charge in [0.1, 0.15) is 5.82 Å². The van der Waals surface area contributed by atoms with Gasteiger partial charge in [-0.3, -0.25) is 4.79 Å². The maximum atomic E-state index is 13.2. The third-order valence-electron chi connectivity index (χ3n) is 4.78. The zero-order valence-corrected chi connectivity index (χ0v) is 13.2. The van der Waals surface area contributed by atoms with Crippen molar-refractivity contribution in [2.45, 2.75) is 25.7 Å². The Morgan fingerprint density at radius 1 is 0.957 bits per heavy atom. The fraction of sp³-hybridized carbons (Fsp3) is 0.368. The molecule has 2 aromatic rings. The van der Waals surface area contributed by atoms with Crippen LogP contribution in [0.1, 0.15) is 35.2 Å². The molecule has 0 atom stereocenters. The minimum Gasteiger partial charge on any atom is -0.356 e. The Labute approximate surface area is 136 Å². The number of nitrogens with zero attached hydrogens (tertiary/aromatic N) is 3. The van der Waals surface area contributed by atoms with E-state index in [0.29, 0.717) is 0 Å². The second kappa shape index (κ2) is 6.03. The fourth-order valence-electron chi connectivity index (χ4n) is 3.63. The summed E-state index contributed by atoms with van der Waals surface area (Å²) in [6.45, 7) is 2.77. The Bertz CT molecular complexity index is 722. The Morgan fingerprint density at radius 3 is 2.65 bits per heavy atom. The smallest absolute Gasteiger partial charge is 0.262 e. The summed E-state index contributed by atoms with van der Waals surface area (Å²) in [4.78, 5) is 21.9. The molecule has 0 N–H and O–H groups in total. The Kier molecular flexibility index (Phi) is 3.74. The van der Waals surface area contributed by atoms with E-state index in [1.807, 2.05) is 29.2 Å². The number of pyridine rings is 1. The number of aryl methyl sites for hydroxylation is 1. The maximum absolute atomic E-state index is 13.2. The molecule has 0 unspecified atom stereocenters. The van der Waals surface area contributed by atoms with Crippen molar-refractivity contribution in [3.8, 4) is 0 Å². The van der Waals surface area contributed by atoms with Crippen molar-refractivity contribution < 1.29 is 4.79 Å². The molecule has 4 nitrogen and oxygen atoms in total. The molecule has 118 valence electrons. The Morgan fingerprint density at radius 2 is 1.78 bits per heavy atom. The molecule has 2 aliphatic rings. The van der Waals surface area contributed by atoms with Crippen molar-refractivity contribution in [2.24, 2.45) is 0 Å². The van der Waals surface area contributed by atoms with Gasteiger partial charge in [-0.1, -0.05) is 18.2 Å². The lowest BCUT2D eigenvalue weighted by Gasteiger charge is -2.30. The molecule has 1 fully saturated rings. The quantitative estimate of drug-likeness (QED) is 0.854. The molecular weight excluding hydrogens is 286 g/mol. The molecule has 0 spiro atoms. The molecule has 1 aromatic carbocycles. The van der Waals surface area contributed by atoms with E-state index in [1.54, 1.807) is 6.20 Å². The maximum Gasteiger partial charge on any atom is 0.262 e. The first-order chi connectivity index (χ1) is 11.3. The number of aromatic nitrogens is 1. The molecule has 0 bridgehead atoms. The zero-order chi connectivity index (χ0) is 15.6. The van der Waals surface area contributed by atoms with Crippen molar-refractivity contribution in [2.75, 3.05) is 29.4 Å². The summed E-state index contributed by atoms with van der Waals surface area (Å²) in [5, 5.41) is 0. The summed E-state index contributed by atoms with van der Waals surface area (Å²) < 4.78 is 0. The van der Waals surface area contributed by atoms with E-state index >= 15 is 0 Å². The largest absolute Gasteiger partial charge is 0.356 e. The summed E-state index contributed by atoms with van der Waals surface area (Å²) in [6, 6.07) is 12.0. The molecule has 23 heavy (non-hydrogen) atoms. The van der Waals surface area contributed by atoms with E-state index in [1.165, 1.54) is 18.4 Å². The lowest BCUT2D eigenvalue weighted by Crippen LogP contribution is -2.36. The normalized spacial score (nSPS) is 17.2. The molecule has 1 saturated heterocycles. The second-order valence-electron chi connectivity index (χ2n) is 6.26. The van der Waals surface area contributed by atoms with Crippen molar-refractivity contribution >= 4 is 17.4 Å². The van der Waals surface area contributed by atoms with Crippen LogP contribution in [0.2, 0.25) is 0 Å². The van der Waals surface area contributed by atoms with E-state index in [-0.39, 0.29) is 5.91 Å². The van der Waals surface area contributed by atoms with Gasteiger partial charge >= 0.3 is 0 Å². The summed E-state index contributed by atoms with van der Waals surface area (Å²) in [5.41, 5.74) is 3.05. The van der Waals surface area contributed by atoms with Gasteiger partial charge in [0.2, 0.25) is 0 Å². The van der Waals surface area contributed by atoms with E-state index in [2.05, 4.69) is 22.0 Å². The molecule has 4 rings (SSSR count). The summed E-state index contributed by atoms with van der Waals surface area (Å²) >= 11 is 0. The van der Waals surface area contributed by atoms with Crippen LogP contribution in [0, 0.1) is 0 Å². The Balaban J connectivity index is 1.71. The summed E-state index contributed by atoms with van der Waals surface area (Å²) in [5.74, 6) is 0.921. The highest BCUT2D eigenvalue weighted by Gasteiger charge is 2.27. The molecule has 1 aromatic heterocycles. The van der Waals surface area contributed by atoms with Gasteiger partial charge < -0.3 is 9.80 Å². The van der Waals surface area contributed by atoms with Gasteiger partial charge in [-0.05, 0) is 49.4 Å². The molecular formula is C19H21N3O. The predicted molar refractivity (Wildman–Crippen MR) is 92.1 cm³/mol. The number of anilines is 2. The fourth-order valence-corrected chi connectivity index (χ4v) is 3.63. The molecule has 2 aliphatic heterocycles. The van der Waals surface area contributed by atoms with Crippen molar-refractivity contribution in [1.82, 2.24) is 4.98 Å². The van der Waals surface area contributed by atoms with Crippen molar-refractivity contribution in [3.63, 3.8) is 0 Å². The second-order valence-corrected chi connectivity index (χ2v) is 6.26. The van der Waals surface area contributed by atoms with Crippen LogP contribution in [-0.4, -0.2) is 30.5 Å². The first-order valence-electron chi connectivity index (χ1n) is 8.44. The first-order valence-corrected chi connectivity index (χ1v) is 8.44. The summed E-state index contributed by atoms with van der Waals surface area (Å²) in [6.07, 6.45) is 6.20. The van der Waals surface area contributed by atoms with Gasteiger partial charge in [0, 0.05) is 31.5 Å². The van der Waals surface area contributed by atoms with Gasteiger partial charge in [0.25, 0.3) is 5.91 Å². The highest BCUT2D eigenvalue weighted by Crippen LogP contribution is 2.30. The van der Waals surface area contributed by atoms with Gasteiger partial charge in [0.05, 0.1) is 5.56 Å². The first kappa shape index (κ1) is 14.2. The standard InChI is InChI=1S/C19H21N3O/c23-19(22-14-6-8-15-7-1-2-10-17(15)22)16-9-5-11-20-18(16)21-12-3-4-13-21/h1-2,5,7,9-11H,3-4,6,8,12-14H2. The third kappa shape index (κ3) is 2.58. The number of carbonyl (C=O) groups excluding carboxylic acids is 1. The topological polar surface area (TPSA) is 36.4 Å². The Hall–Kier alpha value is -2.36. The van der Waals surface area contributed by atoms with Crippen LogP contribution in [0.15, 0.2) is 42.6 Å². The van der Waals surface area contributed by atoms with Crippen molar-refractivity contribution in [1.29, 1.82) is 0 Å². The molecule has 3 heterocycles. The van der Waals surface area contributed by atoms with E-state index in [4.69, 9.17) is 0 Å². The van der Waals surface area contributed by atoms with Crippen LogP contribution in [-0.2, 0) is 6.42 Å². The van der Waals surface area contributed by atoms with Crippen LogP contribution in [0.25, 0.3) is 0 Å². The van der Waals surface area contributed by atoms with Crippen LogP contribution < -0.4 is 9.80 Å². The molecule has 1 amide bonds. The van der Waals surface area contributed by atoms with Crippen LogP contribution in [0.5, 0.6) is 0 Å². The lowest BCUT2D eigenvalue weighted by molar-refractivity contribution is 0.0985. The average molecular weight is 307 g/mol. The number of amides is 1. The number of para-hydroxylation sites is 1. The van der Waals surface area contributed by atoms with Gasteiger partial charge in [-0.15, -0.1) is 0 Å². The van der Waals surface area contributed by atoms with E-state index < -0.39 is 0 Å². The van der Waals surface area contributed by atoms with Crippen LogP contribution >= 0.6 is 0 Å². The van der Waals surface area contributed by atoms with E-state index in [0.717, 1.165) is 49.5 Å². The zero-order valence-electron chi connectivity index (χ0n) is 13.2. The number of fused-ring (bicyclic) bond motifs is 1. The minimum absolute atomic E-state index is 0.0761. The van der Waals surface area contributed by atoms with Gasteiger partial charge in [-0.25, -0.2) is 4.98 Å². The molecule has 0 radical (unpaired) electrons.